The monoisotopic (exact) mass is 319 g/mol. The van der Waals surface area contributed by atoms with E-state index in [9.17, 15) is 0 Å². The van der Waals surface area contributed by atoms with E-state index in [2.05, 4.69) is 51.6 Å². The summed E-state index contributed by atoms with van der Waals surface area (Å²) in [5, 5.41) is 7.75. The molecule has 0 bridgehead atoms. The summed E-state index contributed by atoms with van der Waals surface area (Å²) in [5.74, 6) is 0. The molecule has 2 heterocycles. The third kappa shape index (κ3) is 2.74. The third-order valence-corrected chi connectivity index (χ3v) is 3.79. The van der Waals surface area contributed by atoms with Gasteiger partial charge in [-0.3, -0.25) is 5.10 Å². The van der Waals surface area contributed by atoms with Crippen LogP contribution < -0.4 is 17.4 Å². The molecule has 0 amide bonds. The van der Waals surface area contributed by atoms with Crippen LogP contribution in [0.2, 0.25) is 0 Å². The van der Waals surface area contributed by atoms with Crippen molar-refractivity contribution in [2.45, 2.75) is 12.8 Å². The molecule has 0 saturated heterocycles. The number of aromatic nitrogens is 3. The fraction of sp³-hybridized carbons (Fsp3) is 0.125. The number of aryl methyl sites for hydroxylation is 1. The maximum atomic E-state index is 4.53. The highest BCUT2D eigenvalue weighted by Gasteiger charge is 2.22. The quantitative estimate of drug-likeness (QED) is 0.551. The van der Waals surface area contributed by atoms with E-state index in [4.69, 9.17) is 0 Å². The van der Waals surface area contributed by atoms with Crippen LogP contribution in [-0.2, 0) is 12.8 Å². The van der Waals surface area contributed by atoms with Crippen molar-refractivity contribution in [2.75, 3.05) is 0 Å². The standard InChI is InChI=1S/C16H13N3.ClH.2H2O/c1-2-4-13-11(3-1)5-6-14-15(18-19-16(13)14)12-7-9-17-10-8-12;;;/h1-4,7-10H,5-6H2,(H,18,19);1H;2*1H2. The number of halogens is 1. The van der Waals surface area contributed by atoms with Crippen LogP contribution in [0, 0.1) is 0 Å². The Morgan fingerprint density at radius 1 is 0.955 bits per heavy atom. The Hall–Kier alpha value is -2.21. The lowest BCUT2D eigenvalue weighted by atomic mass is 9.88. The average molecular weight is 320 g/mol. The number of aromatic amines is 2. The maximum absolute atomic E-state index is 4.53. The average Bonchev–Trinajstić information content (AvgIpc) is 2.92. The first-order valence-corrected chi connectivity index (χ1v) is 6.55. The van der Waals surface area contributed by atoms with Gasteiger partial charge in [-0.05, 0) is 18.4 Å². The van der Waals surface area contributed by atoms with Gasteiger partial charge in [-0.1, -0.05) is 24.3 Å². The summed E-state index contributed by atoms with van der Waals surface area (Å²) in [6, 6.07) is 12.7. The summed E-state index contributed by atoms with van der Waals surface area (Å²) < 4.78 is 0. The van der Waals surface area contributed by atoms with Gasteiger partial charge in [0.15, 0.2) is 12.4 Å². The number of hydrogen-bond acceptors (Lipinski definition) is 1. The van der Waals surface area contributed by atoms with Crippen LogP contribution in [0.3, 0.4) is 0 Å². The van der Waals surface area contributed by atoms with Crippen LogP contribution in [-0.4, -0.2) is 21.1 Å². The molecule has 0 spiro atoms. The molecule has 4 rings (SSSR count). The van der Waals surface area contributed by atoms with E-state index < -0.39 is 0 Å². The van der Waals surface area contributed by atoms with Crippen LogP contribution in [0.1, 0.15) is 11.1 Å². The minimum atomic E-state index is 0. The molecule has 22 heavy (non-hydrogen) atoms. The molecule has 1 aliphatic carbocycles. The number of pyridine rings is 1. The van der Waals surface area contributed by atoms with Crippen LogP contribution in [0.25, 0.3) is 22.5 Å². The second kappa shape index (κ2) is 7.17. The Bertz CT molecular complexity index is 731. The highest BCUT2D eigenvalue weighted by molar-refractivity contribution is 5.77. The van der Waals surface area contributed by atoms with E-state index in [1.807, 2.05) is 12.4 Å². The van der Waals surface area contributed by atoms with Crippen LogP contribution in [0.4, 0.5) is 0 Å². The summed E-state index contributed by atoms with van der Waals surface area (Å²) in [4.78, 5) is 3.05. The molecule has 6 heteroatoms. The molecule has 0 atom stereocenters. The van der Waals surface area contributed by atoms with E-state index in [0.717, 1.165) is 24.1 Å². The number of benzene rings is 1. The minimum absolute atomic E-state index is 0. The van der Waals surface area contributed by atoms with Gasteiger partial charge in [0.2, 0.25) is 0 Å². The number of H-pyrrole nitrogens is 2. The predicted octanol–water partition coefficient (Wildman–Crippen LogP) is -1.99. The van der Waals surface area contributed by atoms with E-state index in [1.54, 1.807) is 0 Å². The van der Waals surface area contributed by atoms with Gasteiger partial charge in [0.05, 0.1) is 11.4 Å². The van der Waals surface area contributed by atoms with Crippen molar-refractivity contribution >= 4 is 0 Å². The van der Waals surface area contributed by atoms with Gasteiger partial charge in [0.1, 0.15) is 0 Å². The van der Waals surface area contributed by atoms with Gasteiger partial charge < -0.3 is 23.4 Å². The third-order valence-electron chi connectivity index (χ3n) is 3.79. The zero-order chi connectivity index (χ0) is 12.7. The largest absolute Gasteiger partial charge is 1.00 e. The van der Waals surface area contributed by atoms with Gasteiger partial charge in [-0.2, -0.15) is 5.10 Å². The minimum Gasteiger partial charge on any atom is -1.00 e. The van der Waals surface area contributed by atoms with Crippen molar-refractivity contribution < 1.29 is 28.3 Å². The Morgan fingerprint density at radius 2 is 1.68 bits per heavy atom. The number of rotatable bonds is 1. The number of hydrogen-bond donors (Lipinski definition) is 1. The molecule has 2 aromatic heterocycles. The van der Waals surface area contributed by atoms with Gasteiger partial charge >= 0.3 is 0 Å². The van der Waals surface area contributed by atoms with Gasteiger partial charge in [0, 0.05) is 28.8 Å². The first-order valence-electron chi connectivity index (χ1n) is 6.55. The molecule has 0 fully saturated rings. The Balaban J connectivity index is 0.000000807. The molecule has 6 N–H and O–H groups in total. The predicted molar refractivity (Wildman–Crippen MR) is 80.7 cm³/mol. The Kier molecular flexibility index (Phi) is 5.82. The lowest BCUT2D eigenvalue weighted by Gasteiger charge is -2.16. The Morgan fingerprint density at radius 3 is 2.45 bits per heavy atom. The second-order valence-corrected chi connectivity index (χ2v) is 4.87. The van der Waals surface area contributed by atoms with Crippen molar-refractivity contribution in [1.82, 2.24) is 10.2 Å². The van der Waals surface area contributed by atoms with Gasteiger partial charge in [-0.25, -0.2) is 4.98 Å². The molecular formula is C16H18ClN3O2. The molecule has 0 aliphatic heterocycles. The summed E-state index contributed by atoms with van der Waals surface area (Å²) in [7, 11) is 0. The van der Waals surface area contributed by atoms with E-state index in [1.165, 1.54) is 22.4 Å². The molecule has 0 saturated carbocycles. The topological polar surface area (TPSA) is 106 Å². The number of nitrogens with zero attached hydrogens (tertiary/aromatic N) is 1. The SMILES string of the molecule is O.O.[Cl-].c1ccc2c(c1)CCc1c(-c3cc[nH+]cc3)n[nH]c1-2. The van der Waals surface area contributed by atoms with Crippen molar-refractivity contribution in [2.24, 2.45) is 0 Å². The summed E-state index contributed by atoms with van der Waals surface area (Å²) >= 11 is 0. The molecule has 3 aromatic rings. The zero-order valence-corrected chi connectivity index (χ0v) is 12.6. The van der Waals surface area contributed by atoms with E-state index >= 15 is 0 Å². The molecular weight excluding hydrogens is 302 g/mol. The fourth-order valence-electron chi connectivity index (χ4n) is 2.86. The molecule has 1 aromatic carbocycles. The second-order valence-electron chi connectivity index (χ2n) is 4.87. The van der Waals surface area contributed by atoms with E-state index in [0.29, 0.717) is 0 Å². The lowest BCUT2D eigenvalue weighted by Crippen LogP contribution is -3.00. The molecule has 0 radical (unpaired) electrons. The zero-order valence-electron chi connectivity index (χ0n) is 11.9. The number of fused-ring (bicyclic) bond motifs is 3. The molecule has 1 aliphatic rings. The fourth-order valence-corrected chi connectivity index (χ4v) is 2.86. The number of nitrogens with one attached hydrogen (secondary N) is 2. The van der Waals surface area contributed by atoms with Crippen LogP contribution >= 0.6 is 0 Å². The summed E-state index contributed by atoms with van der Waals surface area (Å²) in [6.07, 6.45) is 6.02. The van der Waals surface area contributed by atoms with Crippen molar-refractivity contribution in [3.63, 3.8) is 0 Å². The lowest BCUT2D eigenvalue weighted by molar-refractivity contribution is -0.377. The van der Waals surface area contributed by atoms with Crippen molar-refractivity contribution in [1.29, 1.82) is 0 Å². The van der Waals surface area contributed by atoms with Gasteiger partial charge in [-0.15, -0.1) is 0 Å². The molecule has 5 nitrogen and oxygen atoms in total. The van der Waals surface area contributed by atoms with Gasteiger partial charge in [0.25, 0.3) is 0 Å². The smallest absolute Gasteiger partial charge is 0.167 e. The molecule has 0 unspecified atom stereocenters. The summed E-state index contributed by atoms with van der Waals surface area (Å²) in [5.41, 5.74) is 7.47. The normalized spacial score (nSPS) is 11.1. The van der Waals surface area contributed by atoms with Crippen LogP contribution in [0.5, 0.6) is 0 Å². The molecule has 116 valence electrons. The summed E-state index contributed by atoms with van der Waals surface area (Å²) in [6.45, 7) is 0. The van der Waals surface area contributed by atoms with Crippen molar-refractivity contribution in [3.05, 3.63) is 59.9 Å². The van der Waals surface area contributed by atoms with Crippen molar-refractivity contribution in [3.8, 4) is 22.5 Å². The van der Waals surface area contributed by atoms with Crippen LogP contribution in [0.15, 0.2) is 48.8 Å². The first-order chi connectivity index (χ1) is 9.43. The Labute approximate surface area is 134 Å². The van der Waals surface area contributed by atoms with E-state index in [-0.39, 0.29) is 23.4 Å². The highest BCUT2D eigenvalue weighted by atomic mass is 35.5. The first kappa shape index (κ1) is 17.8. The maximum Gasteiger partial charge on any atom is 0.167 e. The highest BCUT2D eigenvalue weighted by Crippen LogP contribution is 2.36.